The number of piperidine rings is 1. The maximum absolute atomic E-state index is 13.1. The van der Waals surface area contributed by atoms with Gasteiger partial charge in [-0.1, -0.05) is 0 Å². The van der Waals surface area contributed by atoms with E-state index in [2.05, 4.69) is 10.1 Å². The summed E-state index contributed by atoms with van der Waals surface area (Å²) in [5.74, 6) is 0.521. The van der Waals surface area contributed by atoms with E-state index in [0.29, 0.717) is 12.0 Å². The summed E-state index contributed by atoms with van der Waals surface area (Å²) < 4.78 is 61.9. The largest absolute Gasteiger partial charge is 0.435 e. The number of nitrogens with one attached hydrogen (secondary N) is 1. The quantitative estimate of drug-likeness (QED) is 0.758. The first-order valence-corrected chi connectivity index (χ1v) is 10.8. The molecule has 27 heavy (non-hydrogen) atoms. The lowest BCUT2D eigenvalue weighted by molar-refractivity contribution is -0.0498. The van der Waals surface area contributed by atoms with Gasteiger partial charge in [-0.15, -0.1) is 0 Å². The van der Waals surface area contributed by atoms with Crippen molar-refractivity contribution in [1.29, 1.82) is 0 Å². The van der Waals surface area contributed by atoms with Crippen LogP contribution >= 0.6 is 0 Å². The van der Waals surface area contributed by atoms with Gasteiger partial charge in [-0.25, -0.2) is 8.42 Å². The minimum Gasteiger partial charge on any atom is -0.435 e. The van der Waals surface area contributed by atoms with E-state index in [-0.39, 0.29) is 22.7 Å². The Morgan fingerprint density at radius 3 is 2.30 bits per heavy atom. The normalized spacial score (nSPS) is 29.1. The zero-order valence-electron chi connectivity index (χ0n) is 14.9. The zero-order chi connectivity index (χ0) is 19.0. The van der Waals surface area contributed by atoms with Crippen molar-refractivity contribution < 1.29 is 26.7 Å². The predicted octanol–water partition coefficient (Wildman–Crippen LogP) is 2.21. The maximum Gasteiger partial charge on any atom is 0.387 e. The second kappa shape index (κ2) is 7.62. The SMILES string of the molecule is O=S(=O)(c1ccc(OC(F)F)cc1)N1[C@@H]2CC[C@H]1CC(NCC1COC1)C2. The van der Waals surface area contributed by atoms with E-state index in [0.717, 1.165) is 45.4 Å². The number of ether oxygens (including phenoxy) is 2. The van der Waals surface area contributed by atoms with Crippen LogP contribution in [-0.2, 0) is 14.8 Å². The Morgan fingerprint density at radius 1 is 1.15 bits per heavy atom. The molecule has 3 atom stereocenters. The highest BCUT2D eigenvalue weighted by atomic mass is 32.2. The Kier molecular flexibility index (Phi) is 5.37. The van der Waals surface area contributed by atoms with Gasteiger partial charge in [-0.05, 0) is 49.9 Å². The van der Waals surface area contributed by atoms with E-state index in [1.165, 1.54) is 24.3 Å². The fourth-order valence-corrected chi connectivity index (χ4v) is 6.24. The maximum atomic E-state index is 13.1. The number of hydrogen-bond donors (Lipinski definition) is 1. The first-order valence-electron chi connectivity index (χ1n) is 9.33. The van der Waals surface area contributed by atoms with E-state index >= 15 is 0 Å². The second-order valence-corrected chi connectivity index (χ2v) is 9.39. The molecule has 4 rings (SSSR count). The fourth-order valence-electron chi connectivity index (χ4n) is 4.34. The summed E-state index contributed by atoms with van der Waals surface area (Å²) in [5, 5.41) is 3.57. The molecular weight excluding hydrogens is 378 g/mol. The minimum atomic E-state index is -3.65. The highest BCUT2D eigenvalue weighted by molar-refractivity contribution is 7.89. The molecule has 2 bridgehead atoms. The highest BCUT2D eigenvalue weighted by Crippen LogP contribution is 2.40. The zero-order valence-corrected chi connectivity index (χ0v) is 15.7. The van der Waals surface area contributed by atoms with Crippen molar-refractivity contribution in [3.05, 3.63) is 24.3 Å². The fraction of sp³-hybridized carbons (Fsp3) is 0.667. The Bertz CT molecular complexity index is 741. The van der Waals surface area contributed by atoms with Crippen LogP contribution in [0.3, 0.4) is 0 Å². The van der Waals surface area contributed by atoms with Gasteiger partial charge in [0.05, 0.1) is 18.1 Å². The molecule has 1 aromatic rings. The van der Waals surface area contributed by atoms with Crippen molar-refractivity contribution in [2.24, 2.45) is 5.92 Å². The third-order valence-electron chi connectivity index (χ3n) is 5.69. The molecule has 150 valence electrons. The standard InChI is InChI=1S/C18H24F2N2O4S/c19-18(20)26-16-3-5-17(6-4-16)27(23,24)22-14-1-2-15(22)8-13(7-14)21-9-12-10-25-11-12/h3-6,12-15,18,21H,1-2,7-11H2/t13?,14-,15+. The van der Waals surface area contributed by atoms with Gasteiger partial charge in [-0.2, -0.15) is 13.1 Å². The minimum absolute atomic E-state index is 0.0131. The van der Waals surface area contributed by atoms with Crippen LogP contribution in [0.2, 0.25) is 0 Å². The summed E-state index contributed by atoms with van der Waals surface area (Å²) in [6.07, 6.45) is 3.33. The molecule has 0 radical (unpaired) electrons. The van der Waals surface area contributed by atoms with Crippen molar-refractivity contribution >= 4 is 10.0 Å². The number of halogens is 2. The Morgan fingerprint density at radius 2 is 1.78 bits per heavy atom. The van der Waals surface area contributed by atoms with E-state index in [1.807, 2.05) is 0 Å². The molecule has 9 heteroatoms. The van der Waals surface area contributed by atoms with Gasteiger partial charge < -0.3 is 14.8 Å². The molecule has 1 N–H and O–H groups in total. The van der Waals surface area contributed by atoms with Gasteiger partial charge in [0, 0.05) is 30.6 Å². The van der Waals surface area contributed by atoms with Crippen LogP contribution in [0.25, 0.3) is 0 Å². The lowest BCUT2D eigenvalue weighted by Crippen LogP contribution is -2.52. The van der Waals surface area contributed by atoms with Crippen molar-refractivity contribution in [1.82, 2.24) is 9.62 Å². The van der Waals surface area contributed by atoms with E-state index in [1.54, 1.807) is 4.31 Å². The summed E-state index contributed by atoms with van der Waals surface area (Å²) in [6.45, 7) is -0.402. The average molecular weight is 402 g/mol. The lowest BCUT2D eigenvalue weighted by atomic mass is 9.98. The second-order valence-electron chi connectivity index (χ2n) is 7.55. The topological polar surface area (TPSA) is 67.9 Å². The summed E-state index contributed by atoms with van der Waals surface area (Å²) in [4.78, 5) is 0.124. The Labute approximate surface area is 157 Å². The third kappa shape index (κ3) is 3.96. The smallest absolute Gasteiger partial charge is 0.387 e. The molecule has 3 heterocycles. The number of rotatable bonds is 7. The molecule has 3 fully saturated rings. The van der Waals surface area contributed by atoms with Gasteiger partial charge in [0.15, 0.2) is 0 Å². The molecule has 0 spiro atoms. The van der Waals surface area contributed by atoms with Crippen LogP contribution in [-0.4, -0.2) is 57.2 Å². The number of benzene rings is 1. The molecule has 0 aliphatic carbocycles. The first kappa shape index (κ1) is 19.0. The molecule has 3 saturated heterocycles. The van der Waals surface area contributed by atoms with Gasteiger partial charge in [0.2, 0.25) is 10.0 Å². The summed E-state index contributed by atoms with van der Waals surface area (Å²) in [5.41, 5.74) is 0. The van der Waals surface area contributed by atoms with Crippen molar-refractivity contribution in [2.75, 3.05) is 19.8 Å². The Balaban J connectivity index is 1.43. The van der Waals surface area contributed by atoms with Gasteiger partial charge in [0.1, 0.15) is 5.75 Å². The van der Waals surface area contributed by atoms with Crippen molar-refractivity contribution in [2.45, 2.75) is 55.3 Å². The molecule has 0 amide bonds. The molecule has 3 aliphatic heterocycles. The van der Waals surface area contributed by atoms with E-state index < -0.39 is 16.6 Å². The molecule has 1 aromatic carbocycles. The first-order chi connectivity index (χ1) is 12.9. The Hall–Kier alpha value is -1.29. The van der Waals surface area contributed by atoms with E-state index in [9.17, 15) is 17.2 Å². The van der Waals surface area contributed by atoms with Crippen LogP contribution in [0.5, 0.6) is 5.75 Å². The van der Waals surface area contributed by atoms with Crippen molar-refractivity contribution in [3.8, 4) is 5.75 Å². The van der Waals surface area contributed by atoms with Gasteiger partial charge in [0.25, 0.3) is 0 Å². The monoisotopic (exact) mass is 402 g/mol. The van der Waals surface area contributed by atoms with Crippen LogP contribution < -0.4 is 10.1 Å². The highest BCUT2D eigenvalue weighted by Gasteiger charge is 2.47. The number of sulfonamides is 1. The number of alkyl halides is 2. The molecular formula is C18H24F2N2O4S. The van der Waals surface area contributed by atoms with E-state index in [4.69, 9.17) is 4.74 Å². The molecule has 6 nitrogen and oxygen atoms in total. The molecule has 3 aliphatic rings. The summed E-state index contributed by atoms with van der Waals surface area (Å²) >= 11 is 0. The van der Waals surface area contributed by atoms with Crippen LogP contribution in [0.4, 0.5) is 8.78 Å². The van der Waals surface area contributed by atoms with Crippen LogP contribution in [0.1, 0.15) is 25.7 Å². The third-order valence-corrected chi connectivity index (χ3v) is 7.71. The summed E-state index contributed by atoms with van der Waals surface area (Å²) in [7, 11) is -3.65. The van der Waals surface area contributed by atoms with Crippen LogP contribution in [0.15, 0.2) is 29.2 Å². The number of nitrogens with zero attached hydrogens (tertiary/aromatic N) is 1. The predicted molar refractivity (Wildman–Crippen MR) is 94.2 cm³/mol. The van der Waals surface area contributed by atoms with Crippen molar-refractivity contribution in [3.63, 3.8) is 0 Å². The van der Waals surface area contributed by atoms with Crippen LogP contribution in [0, 0.1) is 5.92 Å². The summed E-state index contributed by atoms with van der Waals surface area (Å²) in [6, 6.07) is 5.53. The molecule has 0 aromatic heterocycles. The lowest BCUT2D eigenvalue weighted by Gasteiger charge is -2.39. The van der Waals surface area contributed by atoms with Gasteiger partial charge >= 0.3 is 6.61 Å². The number of fused-ring (bicyclic) bond motifs is 2. The molecule has 1 unspecified atom stereocenters. The number of hydrogen-bond acceptors (Lipinski definition) is 5. The molecule has 0 saturated carbocycles. The van der Waals surface area contributed by atoms with Gasteiger partial charge in [-0.3, -0.25) is 0 Å². The average Bonchev–Trinajstić information content (AvgIpc) is 2.86.